The topological polar surface area (TPSA) is 97.4 Å². The maximum atomic E-state index is 12.2. The molecule has 1 atom stereocenters. The summed E-state index contributed by atoms with van der Waals surface area (Å²) in [6.07, 6.45) is 1.65. The van der Waals surface area contributed by atoms with Crippen molar-refractivity contribution in [2.45, 2.75) is 19.3 Å². The number of benzene rings is 1. The van der Waals surface area contributed by atoms with Crippen LogP contribution in [0.2, 0.25) is 5.02 Å². The van der Waals surface area contributed by atoms with E-state index in [-0.39, 0.29) is 29.5 Å². The Morgan fingerprint density at radius 3 is 2.73 bits per heavy atom. The molecule has 1 aliphatic rings. The predicted molar refractivity (Wildman–Crippen MR) is 94.1 cm³/mol. The summed E-state index contributed by atoms with van der Waals surface area (Å²) in [4.78, 5) is 23.9. The Balaban J connectivity index is 1.96. The summed E-state index contributed by atoms with van der Waals surface area (Å²) < 4.78 is 6.80. The number of carbonyl (C=O) groups is 2. The Bertz CT molecular complexity index is 1020. The highest BCUT2D eigenvalue weighted by Gasteiger charge is 2.34. The third-order valence-electron chi connectivity index (χ3n) is 4.39. The van der Waals surface area contributed by atoms with Gasteiger partial charge < -0.3 is 14.9 Å². The molecule has 26 heavy (non-hydrogen) atoms. The molecule has 0 aliphatic carbocycles. The molecule has 2 aromatic heterocycles. The van der Waals surface area contributed by atoms with Crippen molar-refractivity contribution in [3.63, 3.8) is 0 Å². The largest absolute Gasteiger partial charge is 0.478 e. The molecule has 0 saturated carbocycles. The fourth-order valence-electron chi connectivity index (χ4n) is 3.26. The van der Waals surface area contributed by atoms with Crippen molar-refractivity contribution in [1.82, 2.24) is 9.72 Å². The number of carboxylic acids is 1. The van der Waals surface area contributed by atoms with E-state index in [4.69, 9.17) is 16.1 Å². The van der Waals surface area contributed by atoms with Crippen LogP contribution in [0.1, 0.15) is 39.7 Å². The first-order chi connectivity index (χ1) is 12.4. The predicted octanol–water partition coefficient (Wildman–Crippen LogP) is 3.60. The smallest absolute Gasteiger partial charge is 0.339 e. The molecule has 3 heterocycles. The number of carboxylic acid groups (broad SMARTS) is 1. The molecule has 1 amide bonds. The van der Waals surface area contributed by atoms with E-state index >= 15 is 0 Å². The lowest BCUT2D eigenvalue weighted by molar-refractivity contribution is -0.116. The highest BCUT2D eigenvalue weighted by atomic mass is 35.5. The van der Waals surface area contributed by atoms with Crippen molar-refractivity contribution in [1.29, 1.82) is 0 Å². The molecular weight excluding hydrogens is 358 g/mol. The van der Waals surface area contributed by atoms with Gasteiger partial charge in [-0.15, -0.1) is 0 Å². The highest BCUT2D eigenvalue weighted by molar-refractivity contribution is 6.30. The number of aromatic carboxylic acids is 1. The molecule has 0 radical (unpaired) electrons. The number of halogens is 1. The van der Waals surface area contributed by atoms with Crippen molar-refractivity contribution in [3.8, 4) is 5.82 Å². The van der Waals surface area contributed by atoms with Crippen molar-refractivity contribution in [2.75, 3.05) is 5.32 Å². The first kappa shape index (κ1) is 16.4. The Labute approximate surface area is 153 Å². The summed E-state index contributed by atoms with van der Waals surface area (Å²) in [6, 6.07) is 8.87. The van der Waals surface area contributed by atoms with Gasteiger partial charge in [0.15, 0.2) is 5.82 Å². The quantitative estimate of drug-likeness (QED) is 0.733. The summed E-state index contributed by atoms with van der Waals surface area (Å²) in [5, 5.41) is 16.8. The Morgan fingerprint density at radius 2 is 2.12 bits per heavy atom. The van der Waals surface area contributed by atoms with Crippen LogP contribution >= 0.6 is 11.6 Å². The first-order valence-electron chi connectivity index (χ1n) is 7.91. The molecule has 8 heteroatoms. The monoisotopic (exact) mass is 371 g/mol. The van der Waals surface area contributed by atoms with Crippen LogP contribution in [0.3, 0.4) is 0 Å². The van der Waals surface area contributed by atoms with Crippen molar-refractivity contribution in [3.05, 3.63) is 64.1 Å². The van der Waals surface area contributed by atoms with Crippen molar-refractivity contribution >= 4 is 29.2 Å². The minimum absolute atomic E-state index is 0.00710. The molecule has 3 aromatic rings. The summed E-state index contributed by atoms with van der Waals surface area (Å²) in [7, 11) is 0. The van der Waals surface area contributed by atoms with E-state index in [1.54, 1.807) is 29.7 Å². The summed E-state index contributed by atoms with van der Waals surface area (Å²) in [5.74, 6) is -0.643. The molecule has 0 unspecified atom stereocenters. The van der Waals surface area contributed by atoms with E-state index in [0.29, 0.717) is 22.3 Å². The third kappa shape index (κ3) is 2.66. The molecule has 4 rings (SSSR count). The van der Waals surface area contributed by atoms with E-state index < -0.39 is 5.97 Å². The number of nitrogens with one attached hydrogen (secondary N) is 1. The van der Waals surface area contributed by atoms with Gasteiger partial charge in [-0.3, -0.25) is 9.36 Å². The average Bonchev–Trinajstić information content (AvgIpc) is 3.18. The molecule has 132 valence electrons. The Morgan fingerprint density at radius 1 is 1.38 bits per heavy atom. The van der Waals surface area contributed by atoms with E-state index in [2.05, 4.69) is 10.5 Å². The van der Waals surface area contributed by atoms with Crippen LogP contribution in [0, 0.1) is 6.92 Å². The van der Waals surface area contributed by atoms with Gasteiger partial charge in [-0.1, -0.05) is 28.9 Å². The standard InChI is InChI=1S/C18H14ClN3O4/c1-9-6-14(21-26-9)22-8-13(18(24)25)16-17(22)12(7-15(23)20-16)10-2-4-11(19)5-3-10/h2-6,8,12H,7H2,1H3,(H,20,23)(H,24,25)/t12-/m0/s1. The molecule has 0 fully saturated rings. The minimum Gasteiger partial charge on any atom is -0.478 e. The highest BCUT2D eigenvalue weighted by Crippen LogP contribution is 2.41. The van der Waals surface area contributed by atoms with Gasteiger partial charge in [0.1, 0.15) is 11.3 Å². The molecule has 1 aliphatic heterocycles. The second-order valence-electron chi connectivity index (χ2n) is 6.13. The number of fused-ring (bicyclic) bond motifs is 1. The molecule has 0 spiro atoms. The normalized spacial score (nSPS) is 16.2. The SMILES string of the molecule is Cc1cc(-n2cc(C(=O)O)c3c2[C@H](c2ccc(Cl)cc2)CC(=O)N3)no1. The van der Waals surface area contributed by atoms with Gasteiger partial charge in [0.05, 0.1) is 11.4 Å². The fourth-order valence-corrected chi connectivity index (χ4v) is 3.38. The maximum absolute atomic E-state index is 12.2. The van der Waals surface area contributed by atoms with Crippen molar-refractivity contribution < 1.29 is 19.2 Å². The van der Waals surface area contributed by atoms with Crippen LogP contribution in [-0.4, -0.2) is 26.7 Å². The minimum atomic E-state index is -1.13. The van der Waals surface area contributed by atoms with Gasteiger partial charge in [0, 0.05) is 29.6 Å². The molecule has 0 saturated heterocycles. The molecule has 0 bridgehead atoms. The van der Waals surface area contributed by atoms with Crippen LogP contribution in [0.4, 0.5) is 5.69 Å². The van der Waals surface area contributed by atoms with E-state index in [1.165, 1.54) is 6.20 Å². The van der Waals surface area contributed by atoms with Gasteiger partial charge in [-0.05, 0) is 24.6 Å². The van der Waals surface area contributed by atoms with Gasteiger partial charge >= 0.3 is 5.97 Å². The van der Waals surface area contributed by atoms with Gasteiger partial charge in [-0.25, -0.2) is 4.79 Å². The lowest BCUT2D eigenvalue weighted by atomic mass is 9.88. The lowest BCUT2D eigenvalue weighted by Crippen LogP contribution is -2.25. The average molecular weight is 372 g/mol. The zero-order chi connectivity index (χ0) is 18.4. The Kier molecular flexibility index (Phi) is 3.81. The van der Waals surface area contributed by atoms with E-state index in [1.807, 2.05) is 12.1 Å². The van der Waals surface area contributed by atoms with E-state index in [9.17, 15) is 14.7 Å². The van der Waals surface area contributed by atoms with Gasteiger partial charge in [0.25, 0.3) is 0 Å². The number of nitrogens with zero attached hydrogens (tertiary/aromatic N) is 2. The number of hydrogen-bond donors (Lipinski definition) is 2. The summed E-state index contributed by atoms with van der Waals surface area (Å²) in [5.41, 5.74) is 1.81. The zero-order valence-electron chi connectivity index (χ0n) is 13.7. The molecular formula is C18H14ClN3O4. The van der Waals surface area contributed by atoms with Crippen LogP contribution in [0.15, 0.2) is 41.1 Å². The van der Waals surface area contributed by atoms with Crippen LogP contribution in [0.5, 0.6) is 0 Å². The lowest BCUT2D eigenvalue weighted by Gasteiger charge is -2.25. The van der Waals surface area contributed by atoms with Gasteiger partial charge in [-0.2, -0.15) is 0 Å². The number of carbonyl (C=O) groups excluding carboxylic acids is 1. The van der Waals surface area contributed by atoms with Crippen LogP contribution in [-0.2, 0) is 4.79 Å². The first-order valence-corrected chi connectivity index (χ1v) is 8.29. The maximum Gasteiger partial charge on any atom is 0.339 e. The second-order valence-corrected chi connectivity index (χ2v) is 6.57. The number of rotatable bonds is 3. The zero-order valence-corrected chi connectivity index (χ0v) is 14.4. The summed E-state index contributed by atoms with van der Waals surface area (Å²) in [6.45, 7) is 1.75. The van der Waals surface area contributed by atoms with Crippen LogP contribution in [0.25, 0.3) is 5.82 Å². The third-order valence-corrected chi connectivity index (χ3v) is 4.64. The second kappa shape index (κ2) is 6.03. The molecule has 7 nitrogen and oxygen atoms in total. The van der Waals surface area contributed by atoms with Crippen molar-refractivity contribution in [2.24, 2.45) is 0 Å². The summed E-state index contributed by atoms with van der Waals surface area (Å²) >= 11 is 5.97. The molecule has 2 N–H and O–H groups in total. The van der Waals surface area contributed by atoms with E-state index in [0.717, 1.165) is 5.56 Å². The Hall–Kier alpha value is -3.06. The van der Waals surface area contributed by atoms with Gasteiger partial charge in [0.2, 0.25) is 5.91 Å². The number of amides is 1. The number of aromatic nitrogens is 2. The number of aryl methyl sites for hydroxylation is 1. The molecule has 1 aromatic carbocycles. The van der Waals surface area contributed by atoms with Crippen LogP contribution < -0.4 is 5.32 Å². The number of hydrogen-bond acceptors (Lipinski definition) is 4. The number of anilines is 1. The fraction of sp³-hybridized carbons (Fsp3) is 0.167.